The molecule has 5 nitrogen and oxygen atoms in total. The van der Waals surface area contributed by atoms with E-state index in [2.05, 4.69) is 0 Å². The number of sulfonamides is 1. The molecule has 0 unspecified atom stereocenters. The normalized spacial score (nSPS) is 11.6. The number of aryl methyl sites for hydroxylation is 1. The molecule has 0 atom stereocenters. The second-order valence-electron chi connectivity index (χ2n) is 6.02. The second-order valence-corrected chi connectivity index (χ2v) is 8.58. The first kappa shape index (κ1) is 19.4. The molecule has 2 aromatic carbocycles. The molecule has 0 aliphatic rings. The van der Waals surface area contributed by atoms with Gasteiger partial charge >= 0.3 is 0 Å². The maximum atomic E-state index is 12.8. The third kappa shape index (κ3) is 4.21. The highest BCUT2D eigenvalue weighted by molar-refractivity contribution is 7.89. The van der Waals surface area contributed by atoms with Crippen LogP contribution in [-0.4, -0.2) is 44.7 Å². The summed E-state index contributed by atoms with van der Waals surface area (Å²) in [5, 5.41) is 0.222. The molecule has 0 N–H and O–H groups in total. The zero-order valence-electron chi connectivity index (χ0n) is 14.7. The molecule has 0 spiro atoms. The van der Waals surface area contributed by atoms with E-state index in [-0.39, 0.29) is 21.4 Å². The minimum Gasteiger partial charge on any atom is -0.337 e. The smallest absolute Gasteiger partial charge is 0.255 e. The van der Waals surface area contributed by atoms with Gasteiger partial charge in [-0.15, -0.1) is 0 Å². The molecule has 1 amide bonds. The largest absolute Gasteiger partial charge is 0.337 e. The Bertz CT molecular complexity index is 895. The molecule has 0 radical (unpaired) electrons. The summed E-state index contributed by atoms with van der Waals surface area (Å²) in [6.45, 7) is 2.39. The Balaban J connectivity index is 2.34. The number of amides is 1. The summed E-state index contributed by atoms with van der Waals surface area (Å²) in [6.07, 6.45) is 0. The first-order valence-corrected chi connectivity index (χ1v) is 9.48. The van der Waals surface area contributed by atoms with Crippen LogP contribution in [0.1, 0.15) is 21.5 Å². The standard InChI is InChI=1S/C18H21ClN2O3S/c1-13-7-5-6-8-14(13)12-21(4)18(22)16-11-15(9-10-17(16)19)25(23,24)20(2)3/h5-11H,12H2,1-4H3. The Morgan fingerprint density at radius 1 is 1.08 bits per heavy atom. The van der Waals surface area contributed by atoms with E-state index in [1.165, 1.54) is 37.2 Å². The van der Waals surface area contributed by atoms with Crippen LogP contribution >= 0.6 is 11.6 Å². The van der Waals surface area contributed by atoms with E-state index in [9.17, 15) is 13.2 Å². The summed E-state index contributed by atoms with van der Waals surface area (Å²) in [6, 6.07) is 11.9. The number of hydrogen-bond donors (Lipinski definition) is 0. The molecule has 0 aliphatic carbocycles. The molecule has 2 aromatic rings. The van der Waals surface area contributed by atoms with Crippen LogP contribution < -0.4 is 0 Å². The predicted octanol–water partition coefficient (Wildman–Crippen LogP) is 3.17. The fraction of sp³-hybridized carbons (Fsp3) is 0.278. The third-order valence-electron chi connectivity index (χ3n) is 3.96. The number of carbonyl (C=O) groups is 1. The zero-order chi connectivity index (χ0) is 18.8. The van der Waals surface area contributed by atoms with Crippen molar-refractivity contribution >= 4 is 27.5 Å². The number of rotatable bonds is 5. The van der Waals surface area contributed by atoms with Gasteiger partial charge in [0, 0.05) is 27.7 Å². The first-order valence-electron chi connectivity index (χ1n) is 7.66. The van der Waals surface area contributed by atoms with Crippen LogP contribution in [-0.2, 0) is 16.6 Å². The summed E-state index contributed by atoms with van der Waals surface area (Å²) < 4.78 is 25.7. The fourth-order valence-electron chi connectivity index (χ4n) is 2.36. The summed E-state index contributed by atoms with van der Waals surface area (Å²) in [7, 11) is 0.908. The molecule has 0 aromatic heterocycles. The zero-order valence-corrected chi connectivity index (χ0v) is 16.2. The second kappa shape index (κ2) is 7.56. The Morgan fingerprint density at radius 2 is 1.72 bits per heavy atom. The average molecular weight is 381 g/mol. The van der Waals surface area contributed by atoms with Crippen molar-refractivity contribution in [2.24, 2.45) is 0 Å². The summed E-state index contributed by atoms with van der Waals surface area (Å²) in [4.78, 5) is 14.3. The van der Waals surface area contributed by atoms with Crippen molar-refractivity contribution in [3.63, 3.8) is 0 Å². The van der Waals surface area contributed by atoms with Gasteiger partial charge in [0.25, 0.3) is 5.91 Å². The van der Waals surface area contributed by atoms with Crippen molar-refractivity contribution in [3.8, 4) is 0 Å². The molecular formula is C18H21ClN2O3S. The third-order valence-corrected chi connectivity index (χ3v) is 6.10. The Morgan fingerprint density at radius 3 is 2.32 bits per heavy atom. The van der Waals surface area contributed by atoms with E-state index in [1.54, 1.807) is 7.05 Å². The molecule has 0 aliphatic heterocycles. The van der Waals surface area contributed by atoms with E-state index in [0.29, 0.717) is 6.54 Å². The van der Waals surface area contributed by atoms with Crippen molar-refractivity contribution in [1.29, 1.82) is 0 Å². The van der Waals surface area contributed by atoms with Crippen LogP contribution in [0.25, 0.3) is 0 Å². The number of hydrogen-bond acceptors (Lipinski definition) is 3. The Hall–Kier alpha value is -1.89. The van der Waals surface area contributed by atoms with E-state index < -0.39 is 10.0 Å². The van der Waals surface area contributed by atoms with Gasteiger partial charge in [0.05, 0.1) is 15.5 Å². The Kier molecular flexibility index (Phi) is 5.87. The van der Waals surface area contributed by atoms with Crippen LogP contribution in [0.15, 0.2) is 47.4 Å². The maximum Gasteiger partial charge on any atom is 0.255 e. The highest BCUT2D eigenvalue weighted by atomic mass is 35.5. The lowest BCUT2D eigenvalue weighted by molar-refractivity contribution is 0.0785. The summed E-state index contributed by atoms with van der Waals surface area (Å²) in [5.74, 6) is -0.330. The number of carbonyl (C=O) groups excluding carboxylic acids is 1. The van der Waals surface area contributed by atoms with Gasteiger partial charge in [-0.2, -0.15) is 0 Å². The minimum absolute atomic E-state index is 0.0366. The van der Waals surface area contributed by atoms with E-state index in [0.717, 1.165) is 15.4 Å². The van der Waals surface area contributed by atoms with Crippen molar-refractivity contribution in [2.45, 2.75) is 18.4 Å². The van der Waals surface area contributed by atoms with E-state index in [1.807, 2.05) is 31.2 Å². The van der Waals surface area contributed by atoms with Crippen molar-refractivity contribution in [2.75, 3.05) is 21.1 Å². The molecule has 7 heteroatoms. The Labute approximate surface area is 153 Å². The van der Waals surface area contributed by atoms with Crippen molar-refractivity contribution in [1.82, 2.24) is 9.21 Å². The van der Waals surface area contributed by atoms with Crippen LogP contribution in [0.3, 0.4) is 0 Å². The number of halogens is 1. The lowest BCUT2D eigenvalue weighted by Crippen LogP contribution is -2.27. The van der Waals surface area contributed by atoms with Crippen LogP contribution in [0.2, 0.25) is 5.02 Å². The van der Waals surface area contributed by atoms with Gasteiger partial charge in [-0.3, -0.25) is 4.79 Å². The van der Waals surface area contributed by atoms with Crippen molar-refractivity contribution in [3.05, 3.63) is 64.2 Å². The molecule has 2 rings (SSSR count). The van der Waals surface area contributed by atoms with Crippen LogP contribution in [0.4, 0.5) is 0 Å². The van der Waals surface area contributed by atoms with E-state index >= 15 is 0 Å². The molecule has 25 heavy (non-hydrogen) atoms. The van der Waals surface area contributed by atoms with Gasteiger partial charge in [-0.25, -0.2) is 12.7 Å². The lowest BCUT2D eigenvalue weighted by atomic mass is 10.1. The van der Waals surface area contributed by atoms with Crippen LogP contribution in [0, 0.1) is 6.92 Å². The SMILES string of the molecule is Cc1ccccc1CN(C)C(=O)c1cc(S(=O)(=O)N(C)C)ccc1Cl. The predicted molar refractivity (Wildman–Crippen MR) is 99.3 cm³/mol. The minimum atomic E-state index is -3.64. The average Bonchev–Trinajstić information content (AvgIpc) is 2.56. The number of benzene rings is 2. The maximum absolute atomic E-state index is 12.8. The van der Waals surface area contributed by atoms with Gasteiger partial charge in [0.15, 0.2) is 0 Å². The van der Waals surface area contributed by atoms with Gasteiger partial charge in [-0.1, -0.05) is 35.9 Å². The van der Waals surface area contributed by atoms with E-state index in [4.69, 9.17) is 11.6 Å². The monoisotopic (exact) mass is 380 g/mol. The molecule has 0 saturated heterocycles. The number of nitrogens with zero attached hydrogens (tertiary/aromatic N) is 2. The summed E-state index contributed by atoms with van der Waals surface area (Å²) in [5.41, 5.74) is 2.27. The van der Waals surface area contributed by atoms with Gasteiger partial charge in [0.2, 0.25) is 10.0 Å². The lowest BCUT2D eigenvalue weighted by Gasteiger charge is -2.20. The quantitative estimate of drug-likeness (QED) is 0.800. The van der Waals surface area contributed by atoms with Gasteiger partial charge < -0.3 is 4.90 Å². The van der Waals surface area contributed by atoms with Gasteiger partial charge in [0.1, 0.15) is 0 Å². The highest BCUT2D eigenvalue weighted by Gasteiger charge is 2.22. The molecule has 0 heterocycles. The summed E-state index contributed by atoms with van der Waals surface area (Å²) >= 11 is 6.14. The molecule has 0 saturated carbocycles. The fourth-order valence-corrected chi connectivity index (χ4v) is 3.49. The molecule has 0 fully saturated rings. The molecule has 0 bridgehead atoms. The highest BCUT2D eigenvalue weighted by Crippen LogP contribution is 2.24. The first-order chi connectivity index (χ1) is 11.6. The molecular weight excluding hydrogens is 360 g/mol. The topological polar surface area (TPSA) is 57.7 Å². The van der Waals surface area contributed by atoms with Crippen LogP contribution in [0.5, 0.6) is 0 Å². The molecule has 134 valence electrons. The van der Waals surface area contributed by atoms with Gasteiger partial charge in [-0.05, 0) is 36.2 Å². The van der Waals surface area contributed by atoms with Crippen molar-refractivity contribution < 1.29 is 13.2 Å².